The fraction of sp³-hybridized carbons (Fsp3) is 0.111. The van der Waals surface area contributed by atoms with E-state index < -0.39 is 0 Å². The molecule has 0 saturated carbocycles. The van der Waals surface area contributed by atoms with Gasteiger partial charge in [0, 0.05) is 10.6 Å². The fourth-order valence-corrected chi connectivity index (χ4v) is 2.50. The number of halogens is 1. The van der Waals surface area contributed by atoms with Gasteiger partial charge < -0.3 is 20.9 Å². The summed E-state index contributed by atoms with van der Waals surface area (Å²) in [5.41, 5.74) is 14.1. The van der Waals surface area contributed by atoms with Gasteiger partial charge >= 0.3 is 0 Å². The minimum Gasteiger partial charge on any atom is -0.454 e. The molecule has 25 heavy (non-hydrogen) atoms. The second kappa shape index (κ2) is 7.27. The fourth-order valence-electron chi connectivity index (χ4n) is 2.37. The van der Waals surface area contributed by atoms with E-state index in [0.29, 0.717) is 22.2 Å². The van der Waals surface area contributed by atoms with Gasteiger partial charge in [-0.15, -0.1) is 5.10 Å². The molecule has 0 amide bonds. The number of allylic oxidation sites excluding steroid dienone is 1. The summed E-state index contributed by atoms with van der Waals surface area (Å²) in [6, 6.07) is 13.2. The molecule has 0 aliphatic carbocycles. The number of benzene rings is 2. The van der Waals surface area contributed by atoms with Crippen LogP contribution in [0.2, 0.25) is 5.02 Å². The second-order valence-electron chi connectivity index (χ2n) is 5.39. The lowest BCUT2D eigenvalue weighted by atomic mass is 9.98. The Labute approximate surface area is 150 Å². The van der Waals surface area contributed by atoms with Gasteiger partial charge in [0.05, 0.1) is 5.71 Å². The maximum absolute atomic E-state index is 5.96. The molecule has 7 heteroatoms. The topological polar surface area (TPSA) is 95.2 Å². The van der Waals surface area contributed by atoms with Gasteiger partial charge in [0.2, 0.25) is 12.8 Å². The lowest BCUT2D eigenvalue weighted by Crippen LogP contribution is -2.22. The first-order valence-corrected chi connectivity index (χ1v) is 7.91. The smallest absolute Gasteiger partial charge is 0.231 e. The molecule has 2 aromatic carbocycles. The van der Waals surface area contributed by atoms with Crippen molar-refractivity contribution in [3.05, 3.63) is 58.6 Å². The third-order valence-electron chi connectivity index (χ3n) is 3.57. The molecule has 0 fully saturated rings. The zero-order valence-corrected chi connectivity index (χ0v) is 14.3. The van der Waals surface area contributed by atoms with Gasteiger partial charge in [-0.1, -0.05) is 29.8 Å². The number of ether oxygens (including phenoxy) is 2. The van der Waals surface area contributed by atoms with Crippen molar-refractivity contribution in [2.75, 3.05) is 6.79 Å². The standard InChI is InChI=1S/C18H17ClN4O2/c1-11(22-23-18(20)21)15(8-12-2-5-14(19)6-3-12)13-4-7-16-17(9-13)25-10-24-16/h2-9H,10H2,1H3,(H4,20,21,23)/b15-8-,22-11+. The minimum absolute atomic E-state index is 0.101. The normalized spacial score (nSPS) is 13.7. The van der Waals surface area contributed by atoms with Gasteiger partial charge in [0.1, 0.15) is 0 Å². The first-order chi connectivity index (χ1) is 12.0. The highest BCUT2D eigenvalue weighted by Crippen LogP contribution is 2.35. The molecule has 6 nitrogen and oxygen atoms in total. The van der Waals surface area contributed by atoms with Crippen molar-refractivity contribution in [1.29, 1.82) is 0 Å². The van der Waals surface area contributed by atoms with Crippen LogP contribution in [0, 0.1) is 0 Å². The average Bonchev–Trinajstić information content (AvgIpc) is 3.06. The monoisotopic (exact) mass is 356 g/mol. The molecule has 0 bridgehead atoms. The highest BCUT2D eigenvalue weighted by atomic mass is 35.5. The summed E-state index contributed by atoms with van der Waals surface area (Å²) >= 11 is 5.96. The zero-order chi connectivity index (χ0) is 17.8. The van der Waals surface area contributed by atoms with Crippen molar-refractivity contribution in [2.45, 2.75) is 6.92 Å². The van der Waals surface area contributed by atoms with Crippen molar-refractivity contribution in [3.8, 4) is 11.5 Å². The summed E-state index contributed by atoms with van der Waals surface area (Å²) in [6.07, 6.45) is 1.98. The highest BCUT2D eigenvalue weighted by Gasteiger charge is 2.16. The minimum atomic E-state index is -0.101. The Kier molecular flexibility index (Phi) is 4.90. The van der Waals surface area contributed by atoms with E-state index in [9.17, 15) is 0 Å². The van der Waals surface area contributed by atoms with Crippen LogP contribution in [0.4, 0.5) is 0 Å². The highest BCUT2D eigenvalue weighted by molar-refractivity contribution is 6.30. The Morgan fingerprint density at radius 2 is 1.76 bits per heavy atom. The first-order valence-electron chi connectivity index (χ1n) is 7.54. The van der Waals surface area contributed by atoms with E-state index in [1.807, 2.05) is 55.5 Å². The molecule has 0 unspecified atom stereocenters. The molecule has 1 aliphatic rings. The van der Waals surface area contributed by atoms with E-state index in [1.54, 1.807) is 0 Å². The number of fused-ring (bicyclic) bond motifs is 1. The number of rotatable bonds is 4. The third-order valence-corrected chi connectivity index (χ3v) is 3.82. The number of hydrogen-bond acceptors (Lipinski definition) is 4. The van der Waals surface area contributed by atoms with Crippen molar-refractivity contribution in [2.24, 2.45) is 21.7 Å². The molecular formula is C18H17ClN4O2. The quantitative estimate of drug-likeness (QED) is 0.380. The van der Waals surface area contributed by atoms with E-state index >= 15 is 0 Å². The largest absolute Gasteiger partial charge is 0.454 e. The van der Waals surface area contributed by atoms with E-state index in [2.05, 4.69) is 10.2 Å². The van der Waals surface area contributed by atoms with Crippen LogP contribution in [0.3, 0.4) is 0 Å². The molecule has 0 atom stereocenters. The SMILES string of the molecule is CC(=N\N=C(N)N)/C(=C/c1ccc(Cl)cc1)c1ccc2c(c1)OCO2. The molecule has 1 heterocycles. The molecular weight excluding hydrogens is 340 g/mol. The third kappa shape index (κ3) is 4.10. The van der Waals surface area contributed by atoms with Crippen molar-refractivity contribution in [3.63, 3.8) is 0 Å². The van der Waals surface area contributed by atoms with E-state index in [1.165, 1.54) is 0 Å². The number of nitrogens with zero attached hydrogens (tertiary/aromatic N) is 2. The van der Waals surface area contributed by atoms with Crippen LogP contribution < -0.4 is 20.9 Å². The maximum atomic E-state index is 5.96. The summed E-state index contributed by atoms with van der Waals surface area (Å²) in [5.74, 6) is 1.30. The molecule has 2 aromatic rings. The number of guanidine groups is 1. The van der Waals surface area contributed by atoms with E-state index in [-0.39, 0.29) is 12.8 Å². The Balaban J connectivity index is 2.07. The van der Waals surface area contributed by atoms with Gasteiger partial charge in [0.25, 0.3) is 0 Å². The lowest BCUT2D eigenvalue weighted by molar-refractivity contribution is 0.174. The van der Waals surface area contributed by atoms with Crippen LogP contribution in [-0.2, 0) is 0 Å². The van der Waals surface area contributed by atoms with Gasteiger partial charge in [-0.2, -0.15) is 5.10 Å². The van der Waals surface area contributed by atoms with Gasteiger partial charge in [-0.25, -0.2) is 0 Å². The van der Waals surface area contributed by atoms with Crippen LogP contribution in [0.25, 0.3) is 11.6 Å². The Morgan fingerprint density at radius 3 is 2.48 bits per heavy atom. The van der Waals surface area contributed by atoms with Crippen LogP contribution in [0.5, 0.6) is 11.5 Å². The molecule has 4 N–H and O–H groups in total. The van der Waals surface area contributed by atoms with Crippen LogP contribution in [-0.4, -0.2) is 18.5 Å². The number of hydrogen-bond donors (Lipinski definition) is 2. The summed E-state index contributed by atoms with van der Waals surface area (Å²) in [5, 5.41) is 8.51. The summed E-state index contributed by atoms with van der Waals surface area (Å²) in [4.78, 5) is 0. The van der Waals surface area contributed by atoms with Crippen LogP contribution in [0.15, 0.2) is 52.7 Å². The van der Waals surface area contributed by atoms with E-state index in [0.717, 1.165) is 16.7 Å². The van der Waals surface area contributed by atoms with E-state index in [4.69, 9.17) is 32.5 Å². The maximum Gasteiger partial charge on any atom is 0.231 e. The second-order valence-corrected chi connectivity index (χ2v) is 5.82. The average molecular weight is 357 g/mol. The molecule has 0 spiro atoms. The summed E-state index contributed by atoms with van der Waals surface area (Å²) < 4.78 is 10.8. The van der Waals surface area contributed by atoms with Gasteiger partial charge in [-0.05, 0) is 48.4 Å². The molecule has 3 rings (SSSR count). The lowest BCUT2D eigenvalue weighted by Gasteiger charge is -2.09. The van der Waals surface area contributed by atoms with Crippen LogP contribution in [0.1, 0.15) is 18.1 Å². The molecule has 0 saturated heterocycles. The molecule has 0 radical (unpaired) electrons. The molecule has 1 aliphatic heterocycles. The van der Waals surface area contributed by atoms with Crippen molar-refractivity contribution < 1.29 is 9.47 Å². The predicted molar refractivity (Wildman–Crippen MR) is 101 cm³/mol. The van der Waals surface area contributed by atoms with Gasteiger partial charge in [0.15, 0.2) is 11.5 Å². The number of nitrogens with two attached hydrogens (primary N) is 2. The van der Waals surface area contributed by atoms with Gasteiger partial charge in [-0.3, -0.25) is 0 Å². The molecule has 128 valence electrons. The first kappa shape index (κ1) is 16.9. The van der Waals surface area contributed by atoms with Crippen LogP contribution >= 0.6 is 11.6 Å². The zero-order valence-electron chi connectivity index (χ0n) is 13.6. The van der Waals surface area contributed by atoms with Crippen molar-refractivity contribution in [1.82, 2.24) is 0 Å². The molecule has 0 aromatic heterocycles. The Bertz CT molecular complexity index is 869. The van der Waals surface area contributed by atoms with Crippen molar-refractivity contribution >= 4 is 34.9 Å². The Hall–Kier alpha value is -2.99. The Morgan fingerprint density at radius 1 is 1.04 bits per heavy atom. The summed E-state index contributed by atoms with van der Waals surface area (Å²) in [7, 11) is 0. The summed E-state index contributed by atoms with van der Waals surface area (Å²) in [6.45, 7) is 2.05. The predicted octanol–water partition coefficient (Wildman–Crippen LogP) is 3.26.